The van der Waals surface area contributed by atoms with Crippen LogP contribution in [0.1, 0.15) is 51.5 Å². The van der Waals surface area contributed by atoms with Crippen LogP contribution in [0.3, 0.4) is 0 Å². The SMILES string of the molecule is CC(C)(CNC(=O)NC(CCC(=O)O)Cc1ccccc1)N1CCCCC1. The number of hydrogen-bond acceptors (Lipinski definition) is 3. The number of hydrogen-bond donors (Lipinski definition) is 3. The van der Waals surface area contributed by atoms with Gasteiger partial charge in [-0.25, -0.2) is 4.79 Å². The highest BCUT2D eigenvalue weighted by Gasteiger charge is 2.28. The van der Waals surface area contributed by atoms with E-state index < -0.39 is 5.97 Å². The standard InChI is InChI=1S/C21H33N3O3/c1-21(2,24-13-7-4-8-14-24)16-22-20(27)23-18(11-12-19(25)26)15-17-9-5-3-6-10-17/h3,5-6,9-10,18H,4,7-8,11-16H2,1-2H3,(H,25,26)(H2,22,23,27). The Morgan fingerprint density at radius 1 is 1.15 bits per heavy atom. The number of likely N-dealkylation sites (tertiary alicyclic amines) is 1. The van der Waals surface area contributed by atoms with Crippen molar-refractivity contribution in [3.8, 4) is 0 Å². The summed E-state index contributed by atoms with van der Waals surface area (Å²) in [6.07, 6.45) is 4.78. The van der Waals surface area contributed by atoms with E-state index in [4.69, 9.17) is 5.11 Å². The number of nitrogens with zero attached hydrogens (tertiary/aromatic N) is 1. The molecule has 0 aromatic heterocycles. The maximum Gasteiger partial charge on any atom is 0.315 e. The highest BCUT2D eigenvalue weighted by Crippen LogP contribution is 2.19. The van der Waals surface area contributed by atoms with Crippen molar-refractivity contribution in [3.63, 3.8) is 0 Å². The van der Waals surface area contributed by atoms with E-state index in [0.717, 1.165) is 18.7 Å². The molecule has 150 valence electrons. The van der Waals surface area contributed by atoms with Gasteiger partial charge in [-0.2, -0.15) is 0 Å². The van der Waals surface area contributed by atoms with Crippen molar-refractivity contribution in [2.24, 2.45) is 0 Å². The molecule has 1 aromatic carbocycles. The minimum absolute atomic E-state index is 0.0387. The van der Waals surface area contributed by atoms with Crippen LogP contribution in [0.4, 0.5) is 4.79 Å². The van der Waals surface area contributed by atoms with Gasteiger partial charge in [0.15, 0.2) is 0 Å². The molecule has 1 fully saturated rings. The fraction of sp³-hybridized carbons (Fsp3) is 0.619. The Labute approximate surface area is 162 Å². The third-order valence-corrected chi connectivity index (χ3v) is 5.26. The first-order valence-corrected chi connectivity index (χ1v) is 9.92. The van der Waals surface area contributed by atoms with Gasteiger partial charge >= 0.3 is 12.0 Å². The van der Waals surface area contributed by atoms with Gasteiger partial charge in [0.25, 0.3) is 0 Å². The van der Waals surface area contributed by atoms with Crippen LogP contribution in [0.2, 0.25) is 0 Å². The summed E-state index contributed by atoms with van der Waals surface area (Å²) in [6.45, 7) is 7.03. The number of urea groups is 1. The van der Waals surface area contributed by atoms with Crippen molar-refractivity contribution >= 4 is 12.0 Å². The van der Waals surface area contributed by atoms with Crippen molar-refractivity contribution < 1.29 is 14.7 Å². The molecular weight excluding hydrogens is 342 g/mol. The number of carboxylic acid groups (broad SMARTS) is 1. The third-order valence-electron chi connectivity index (χ3n) is 5.26. The molecule has 0 radical (unpaired) electrons. The Kier molecular flexibility index (Phi) is 8.10. The van der Waals surface area contributed by atoms with Gasteiger partial charge < -0.3 is 15.7 Å². The lowest BCUT2D eigenvalue weighted by Gasteiger charge is -2.41. The van der Waals surface area contributed by atoms with Crippen LogP contribution >= 0.6 is 0 Å². The number of carbonyl (C=O) groups excluding carboxylic acids is 1. The molecule has 0 aliphatic carbocycles. The summed E-state index contributed by atoms with van der Waals surface area (Å²) in [5.74, 6) is -0.846. The van der Waals surface area contributed by atoms with Crippen LogP contribution in [0.5, 0.6) is 0 Å². The van der Waals surface area contributed by atoms with E-state index in [0.29, 0.717) is 19.4 Å². The van der Waals surface area contributed by atoms with Crippen molar-refractivity contribution in [1.29, 1.82) is 0 Å². The molecule has 3 N–H and O–H groups in total. The molecule has 0 spiro atoms. The normalized spacial score (nSPS) is 16.5. The van der Waals surface area contributed by atoms with Crippen molar-refractivity contribution in [2.45, 2.75) is 64.0 Å². The first kappa shape index (κ1) is 21.2. The van der Waals surface area contributed by atoms with E-state index in [1.54, 1.807) is 0 Å². The predicted molar refractivity (Wildman–Crippen MR) is 107 cm³/mol. The number of aliphatic carboxylic acids is 1. The molecule has 2 rings (SSSR count). The van der Waals surface area contributed by atoms with E-state index >= 15 is 0 Å². The van der Waals surface area contributed by atoms with Crippen LogP contribution in [-0.2, 0) is 11.2 Å². The van der Waals surface area contributed by atoms with Crippen molar-refractivity contribution in [3.05, 3.63) is 35.9 Å². The molecule has 1 aromatic rings. The second-order valence-electron chi connectivity index (χ2n) is 8.01. The second kappa shape index (κ2) is 10.3. The summed E-state index contributed by atoms with van der Waals surface area (Å²) in [7, 11) is 0. The number of carbonyl (C=O) groups is 2. The molecule has 1 saturated heterocycles. The Morgan fingerprint density at radius 2 is 1.81 bits per heavy atom. The second-order valence-corrected chi connectivity index (χ2v) is 8.01. The summed E-state index contributed by atoms with van der Waals surface area (Å²) < 4.78 is 0. The minimum atomic E-state index is -0.846. The number of amides is 2. The van der Waals surface area contributed by atoms with Gasteiger partial charge in [0.05, 0.1) is 0 Å². The molecule has 27 heavy (non-hydrogen) atoms. The molecule has 1 unspecified atom stereocenters. The largest absolute Gasteiger partial charge is 0.481 e. The first-order valence-electron chi connectivity index (χ1n) is 9.92. The highest BCUT2D eigenvalue weighted by molar-refractivity contribution is 5.74. The average molecular weight is 376 g/mol. The molecule has 0 saturated carbocycles. The Bertz CT molecular complexity index is 598. The molecule has 1 atom stereocenters. The molecule has 1 aliphatic heterocycles. The number of nitrogens with one attached hydrogen (secondary N) is 2. The quantitative estimate of drug-likeness (QED) is 0.620. The zero-order chi connectivity index (χ0) is 19.7. The molecule has 1 aliphatic rings. The lowest BCUT2D eigenvalue weighted by Crippen LogP contribution is -2.55. The maximum absolute atomic E-state index is 12.4. The van der Waals surface area contributed by atoms with E-state index in [1.807, 2.05) is 30.3 Å². The Balaban J connectivity index is 1.86. The van der Waals surface area contributed by atoms with Gasteiger partial charge in [-0.3, -0.25) is 9.69 Å². The van der Waals surface area contributed by atoms with E-state index in [-0.39, 0.29) is 24.0 Å². The van der Waals surface area contributed by atoms with E-state index in [1.165, 1.54) is 19.3 Å². The van der Waals surface area contributed by atoms with Gasteiger partial charge in [0.2, 0.25) is 0 Å². The zero-order valence-electron chi connectivity index (χ0n) is 16.5. The van der Waals surface area contributed by atoms with E-state index in [9.17, 15) is 9.59 Å². The van der Waals surface area contributed by atoms with Gasteiger partial charge in [-0.1, -0.05) is 36.8 Å². The van der Waals surface area contributed by atoms with Crippen LogP contribution in [-0.4, -0.2) is 53.2 Å². The smallest absolute Gasteiger partial charge is 0.315 e. The van der Waals surface area contributed by atoms with E-state index in [2.05, 4.69) is 29.4 Å². The summed E-state index contributed by atoms with van der Waals surface area (Å²) in [4.78, 5) is 25.8. The third kappa shape index (κ3) is 7.59. The lowest BCUT2D eigenvalue weighted by atomic mass is 9.98. The van der Waals surface area contributed by atoms with Crippen LogP contribution in [0.15, 0.2) is 30.3 Å². The summed E-state index contributed by atoms with van der Waals surface area (Å²) >= 11 is 0. The Morgan fingerprint density at radius 3 is 2.44 bits per heavy atom. The molecule has 6 heteroatoms. The summed E-state index contributed by atoms with van der Waals surface area (Å²) in [5, 5.41) is 14.9. The van der Waals surface area contributed by atoms with Gasteiger partial charge in [-0.15, -0.1) is 0 Å². The summed E-state index contributed by atoms with van der Waals surface area (Å²) in [5.41, 5.74) is 0.996. The Hall–Kier alpha value is -2.08. The zero-order valence-corrected chi connectivity index (χ0v) is 16.5. The topological polar surface area (TPSA) is 81.7 Å². The van der Waals surface area contributed by atoms with Crippen LogP contribution in [0.25, 0.3) is 0 Å². The number of benzene rings is 1. The first-order chi connectivity index (χ1) is 12.9. The fourth-order valence-electron chi connectivity index (χ4n) is 3.57. The fourth-order valence-corrected chi connectivity index (χ4v) is 3.57. The van der Waals surface area contributed by atoms with Crippen molar-refractivity contribution in [2.75, 3.05) is 19.6 Å². The minimum Gasteiger partial charge on any atom is -0.481 e. The van der Waals surface area contributed by atoms with Gasteiger partial charge in [0.1, 0.15) is 0 Å². The average Bonchev–Trinajstić information content (AvgIpc) is 2.66. The molecule has 1 heterocycles. The van der Waals surface area contributed by atoms with Crippen LogP contribution in [0, 0.1) is 0 Å². The summed E-state index contributed by atoms with van der Waals surface area (Å²) in [6, 6.07) is 9.39. The lowest BCUT2D eigenvalue weighted by molar-refractivity contribution is -0.137. The highest BCUT2D eigenvalue weighted by atomic mass is 16.4. The van der Waals surface area contributed by atoms with Crippen molar-refractivity contribution in [1.82, 2.24) is 15.5 Å². The number of rotatable bonds is 9. The molecule has 6 nitrogen and oxygen atoms in total. The number of piperidine rings is 1. The van der Waals surface area contributed by atoms with Gasteiger partial charge in [0, 0.05) is 24.5 Å². The van der Waals surface area contributed by atoms with Gasteiger partial charge in [-0.05, 0) is 58.2 Å². The monoisotopic (exact) mass is 375 g/mol. The maximum atomic E-state index is 12.4. The predicted octanol–water partition coefficient (Wildman–Crippen LogP) is 3.03. The molecular formula is C21H33N3O3. The van der Waals surface area contributed by atoms with Crippen LogP contribution < -0.4 is 10.6 Å². The molecule has 0 bridgehead atoms. The number of carboxylic acids is 1. The molecule has 2 amide bonds.